The lowest BCUT2D eigenvalue weighted by Gasteiger charge is -2.15. The van der Waals surface area contributed by atoms with Crippen LogP contribution in [0.15, 0.2) is 167 Å². The molecule has 0 aliphatic heterocycles. The zero-order valence-corrected chi connectivity index (χ0v) is 25.2. The molecule has 0 saturated heterocycles. The third kappa shape index (κ3) is 3.67. The zero-order valence-electron chi connectivity index (χ0n) is 25.2. The molecule has 7 aromatic carbocycles. The van der Waals surface area contributed by atoms with Gasteiger partial charge >= 0.3 is 0 Å². The van der Waals surface area contributed by atoms with Crippen molar-refractivity contribution < 1.29 is 4.42 Å². The SMILES string of the molecule is O=c1c2ccccc2oc2c(-n3c4ccccc4c4ccc5c(c6ccccc6n5-c5ccccc5)c43)cc(-c3ccccc3)cc12. The summed E-state index contributed by atoms with van der Waals surface area (Å²) in [5.41, 5.74) is 9.43. The number of benzene rings is 7. The average Bonchev–Trinajstić information content (AvgIpc) is 3.65. The number of para-hydroxylation sites is 4. The highest BCUT2D eigenvalue weighted by molar-refractivity contribution is 6.26. The first-order valence-electron chi connectivity index (χ1n) is 15.8. The lowest BCUT2D eigenvalue weighted by Crippen LogP contribution is -2.05. The van der Waals surface area contributed by atoms with Crippen LogP contribution in [0.2, 0.25) is 0 Å². The summed E-state index contributed by atoms with van der Waals surface area (Å²) in [5.74, 6) is 0. The summed E-state index contributed by atoms with van der Waals surface area (Å²) < 4.78 is 11.4. The number of rotatable bonds is 3. The molecule has 4 nitrogen and oxygen atoms in total. The van der Waals surface area contributed by atoms with E-state index in [1.165, 1.54) is 0 Å². The van der Waals surface area contributed by atoms with Crippen molar-refractivity contribution in [3.63, 3.8) is 0 Å². The predicted molar refractivity (Wildman–Crippen MR) is 194 cm³/mol. The molecule has 220 valence electrons. The van der Waals surface area contributed by atoms with Gasteiger partial charge in [-0.3, -0.25) is 4.79 Å². The van der Waals surface area contributed by atoms with Crippen LogP contribution in [0.3, 0.4) is 0 Å². The van der Waals surface area contributed by atoms with Gasteiger partial charge in [-0.05, 0) is 65.7 Å². The Labute approximate surface area is 268 Å². The molecule has 47 heavy (non-hydrogen) atoms. The second-order valence-corrected chi connectivity index (χ2v) is 12.1. The van der Waals surface area contributed by atoms with Gasteiger partial charge < -0.3 is 13.6 Å². The van der Waals surface area contributed by atoms with Crippen LogP contribution in [-0.2, 0) is 0 Å². The summed E-state index contributed by atoms with van der Waals surface area (Å²) in [6.45, 7) is 0. The van der Waals surface area contributed by atoms with Crippen molar-refractivity contribution >= 4 is 65.6 Å². The molecule has 0 saturated carbocycles. The maximum atomic E-state index is 14.2. The average molecular weight is 603 g/mol. The molecule has 4 heteroatoms. The van der Waals surface area contributed by atoms with Gasteiger partial charge in [0.2, 0.25) is 5.43 Å². The van der Waals surface area contributed by atoms with Crippen LogP contribution in [0.1, 0.15) is 0 Å². The lowest BCUT2D eigenvalue weighted by atomic mass is 10.0. The second-order valence-electron chi connectivity index (χ2n) is 12.1. The molecule has 10 rings (SSSR count). The van der Waals surface area contributed by atoms with Crippen molar-refractivity contribution in [3.05, 3.63) is 168 Å². The van der Waals surface area contributed by atoms with Crippen molar-refractivity contribution in [2.75, 3.05) is 0 Å². The van der Waals surface area contributed by atoms with E-state index in [2.05, 4.69) is 118 Å². The van der Waals surface area contributed by atoms with E-state index in [-0.39, 0.29) is 5.43 Å². The van der Waals surface area contributed by atoms with Crippen LogP contribution in [0.4, 0.5) is 0 Å². The smallest absolute Gasteiger partial charge is 0.200 e. The van der Waals surface area contributed by atoms with Gasteiger partial charge in [-0.1, -0.05) is 103 Å². The van der Waals surface area contributed by atoms with Crippen LogP contribution >= 0.6 is 0 Å². The fourth-order valence-corrected chi connectivity index (χ4v) is 7.47. The van der Waals surface area contributed by atoms with Gasteiger partial charge in [0.05, 0.1) is 38.5 Å². The molecule has 0 bridgehead atoms. The highest BCUT2D eigenvalue weighted by Gasteiger charge is 2.23. The Hall–Kier alpha value is -6.39. The summed E-state index contributed by atoms with van der Waals surface area (Å²) >= 11 is 0. The Bertz CT molecular complexity index is 2910. The fourth-order valence-electron chi connectivity index (χ4n) is 7.47. The Kier molecular flexibility index (Phi) is 5.40. The normalized spacial score (nSPS) is 11.9. The molecule has 0 radical (unpaired) electrons. The van der Waals surface area contributed by atoms with Crippen LogP contribution in [0.25, 0.3) is 88.1 Å². The van der Waals surface area contributed by atoms with Crippen molar-refractivity contribution in [1.82, 2.24) is 9.13 Å². The molecule has 0 aliphatic carbocycles. The molecule has 0 aliphatic rings. The molecule has 0 fully saturated rings. The maximum absolute atomic E-state index is 14.2. The molecular weight excluding hydrogens is 576 g/mol. The Balaban J connectivity index is 1.45. The van der Waals surface area contributed by atoms with E-state index in [0.717, 1.165) is 66.1 Å². The lowest BCUT2D eigenvalue weighted by molar-refractivity contribution is 0.657. The first kappa shape index (κ1) is 25.9. The van der Waals surface area contributed by atoms with E-state index in [1.807, 2.05) is 48.5 Å². The van der Waals surface area contributed by atoms with Gasteiger partial charge in [0.1, 0.15) is 5.58 Å². The molecule has 0 N–H and O–H groups in total. The minimum atomic E-state index is -0.0347. The predicted octanol–water partition coefficient (Wildman–Crippen LogP) is 10.8. The molecular formula is C43H26N2O2. The summed E-state index contributed by atoms with van der Waals surface area (Å²) in [6.07, 6.45) is 0. The van der Waals surface area contributed by atoms with Crippen molar-refractivity contribution in [2.45, 2.75) is 0 Å². The standard InChI is InChI=1S/C43H26N2O2/c46-42-33-19-9-12-22-39(33)47-43-34(42)25-28(27-13-3-1-4-14-27)26-38(43)45-35-20-10-7-17-30(35)31-23-24-37-40(41(31)45)32-18-8-11-21-36(32)44(37)29-15-5-2-6-16-29/h1-26H. The first-order valence-corrected chi connectivity index (χ1v) is 15.8. The van der Waals surface area contributed by atoms with E-state index < -0.39 is 0 Å². The van der Waals surface area contributed by atoms with Crippen LogP contribution in [0, 0.1) is 0 Å². The molecule has 3 heterocycles. The summed E-state index contributed by atoms with van der Waals surface area (Å²) in [4.78, 5) is 14.2. The molecule has 0 amide bonds. The summed E-state index contributed by atoms with van der Waals surface area (Å²) in [6, 6.07) is 54.1. The van der Waals surface area contributed by atoms with Crippen molar-refractivity contribution in [3.8, 4) is 22.5 Å². The maximum Gasteiger partial charge on any atom is 0.200 e. The van der Waals surface area contributed by atoms with Gasteiger partial charge in [-0.25, -0.2) is 0 Å². The summed E-state index contributed by atoms with van der Waals surface area (Å²) in [7, 11) is 0. The Morgan fingerprint density at radius 1 is 0.447 bits per heavy atom. The van der Waals surface area contributed by atoms with E-state index in [1.54, 1.807) is 0 Å². The van der Waals surface area contributed by atoms with E-state index >= 15 is 0 Å². The number of hydrogen-bond donors (Lipinski definition) is 0. The quantitative estimate of drug-likeness (QED) is 0.189. The van der Waals surface area contributed by atoms with E-state index in [4.69, 9.17) is 4.42 Å². The number of nitrogens with zero attached hydrogens (tertiary/aromatic N) is 2. The third-order valence-corrected chi connectivity index (χ3v) is 9.49. The van der Waals surface area contributed by atoms with Gasteiger partial charge in [0.25, 0.3) is 0 Å². The van der Waals surface area contributed by atoms with Gasteiger partial charge in [0.15, 0.2) is 5.58 Å². The molecule has 0 atom stereocenters. The monoisotopic (exact) mass is 602 g/mol. The van der Waals surface area contributed by atoms with E-state index in [0.29, 0.717) is 21.9 Å². The molecule has 0 spiro atoms. The van der Waals surface area contributed by atoms with Crippen molar-refractivity contribution in [2.24, 2.45) is 0 Å². The van der Waals surface area contributed by atoms with Crippen LogP contribution in [0.5, 0.6) is 0 Å². The van der Waals surface area contributed by atoms with E-state index in [9.17, 15) is 4.79 Å². The number of fused-ring (bicyclic) bond motifs is 9. The molecule has 10 aromatic rings. The minimum Gasteiger partial charge on any atom is -0.454 e. The highest BCUT2D eigenvalue weighted by Crippen LogP contribution is 2.43. The fraction of sp³-hybridized carbons (Fsp3) is 0. The van der Waals surface area contributed by atoms with Gasteiger partial charge in [-0.2, -0.15) is 0 Å². The first-order chi connectivity index (χ1) is 23.3. The largest absolute Gasteiger partial charge is 0.454 e. The minimum absolute atomic E-state index is 0.0347. The summed E-state index contributed by atoms with van der Waals surface area (Å²) in [5, 5.41) is 5.74. The number of hydrogen-bond acceptors (Lipinski definition) is 2. The highest BCUT2D eigenvalue weighted by atomic mass is 16.3. The van der Waals surface area contributed by atoms with Crippen LogP contribution < -0.4 is 5.43 Å². The van der Waals surface area contributed by atoms with Crippen LogP contribution in [-0.4, -0.2) is 9.13 Å². The zero-order chi connectivity index (χ0) is 31.1. The second kappa shape index (κ2) is 9.80. The molecule has 3 aromatic heterocycles. The van der Waals surface area contributed by atoms with Gasteiger partial charge in [0, 0.05) is 27.2 Å². The number of aromatic nitrogens is 2. The molecule has 0 unspecified atom stereocenters. The van der Waals surface area contributed by atoms with Crippen molar-refractivity contribution in [1.29, 1.82) is 0 Å². The third-order valence-electron chi connectivity index (χ3n) is 9.49. The van der Waals surface area contributed by atoms with Gasteiger partial charge in [-0.15, -0.1) is 0 Å². The Morgan fingerprint density at radius 3 is 1.87 bits per heavy atom. The topological polar surface area (TPSA) is 40.1 Å². The Morgan fingerprint density at radius 2 is 1.09 bits per heavy atom.